The van der Waals surface area contributed by atoms with Crippen LogP contribution in [0.5, 0.6) is 0 Å². The average Bonchev–Trinajstić information content (AvgIpc) is 4.04. The molecule has 0 saturated carbocycles. The minimum atomic E-state index is 0.837. The molecule has 14 rings (SSSR count). The summed E-state index contributed by atoms with van der Waals surface area (Å²) in [6.45, 7) is 0. The molecule has 0 aliphatic heterocycles. The van der Waals surface area contributed by atoms with E-state index in [0.29, 0.717) is 0 Å². The molecule has 0 atom stereocenters. The molecule has 0 N–H and O–H groups in total. The maximum atomic E-state index is 6.91. The van der Waals surface area contributed by atoms with Gasteiger partial charge in [0.15, 0.2) is 11.2 Å². The molecule has 4 heteroatoms. The number of anilines is 6. The van der Waals surface area contributed by atoms with Crippen molar-refractivity contribution >= 4 is 99.5 Å². The van der Waals surface area contributed by atoms with E-state index in [-0.39, 0.29) is 0 Å². The van der Waals surface area contributed by atoms with Crippen molar-refractivity contribution in [3.05, 3.63) is 267 Å². The summed E-state index contributed by atoms with van der Waals surface area (Å²) in [5.41, 5.74) is 16.3. The summed E-state index contributed by atoms with van der Waals surface area (Å²) in [5.74, 6) is 0. The second kappa shape index (κ2) is 17.1. The van der Waals surface area contributed by atoms with E-state index in [2.05, 4.69) is 265 Å². The molecule has 72 heavy (non-hydrogen) atoms. The first-order valence-corrected chi connectivity index (χ1v) is 24.5. The van der Waals surface area contributed by atoms with Crippen LogP contribution in [-0.2, 0) is 0 Å². The lowest BCUT2D eigenvalue weighted by molar-refractivity contribution is 0.669. The number of furan rings is 2. The summed E-state index contributed by atoms with van der Waals surface area (Å²) < 4.78 is 13.7. The van der Waals surface area contributed by atoms with Gasteiger partial charge in [0.05, 0.1) is 17.1 Å². The van der Waals surface area contributed by atoms with Gasteiger partial charge in [-0.05, 0) is 116 Å². The van der Waals surface area contributed by atoms with Crippen LogP contribution in [0.2, 0.25) is 0 Å². The molecular formula is C68H44N2O2. The van der Waals surface area contributed by atoms with Crippen LogP contribution < -0.4 is 9.80 Å². The molecule has 0 radical (unpaired) electrons. The number of benzene rings is 12. The Morgan fingerprint density at radius 3 is 1.51 bits per heavy atom. The SMILES string of the molecule is c1ccc(-c2ccc(N(c3cccc(-c4cccc(N(c5ccc(-c6ccccc6)c6ccccc56)c5cccc6c5oc5ccccc56)c4)c3)c3cc4ccccc4c4c3oc3ccccc34)cc2)cc1. The summed E-state index contributed by atoms with van der Waals surface area (Å²) in [7, 11) is 0. The molecular weight excluding hydrogens is 877 g/mol. The third-order valence-electron chi connectivity index (χ3n) is 14.2. The number of hydrogen-bond donors (Lipinski definition) is 0. The van der Waals surface area contributed by atoms with Crippen molar-refractivity contribution in [3.63, 3.8) is 0 Å². The molecule has 0 bridgehead atoms. The first-order chi connectivity index (χ1) is 35.7. The van der Waals surface area contributed by atoms with Gasteiger partial charge >= 0.3 is 0 Å². The quantitative estimate of drug-likeness (QED) is 0.144. The topological polar surface area (TPSA) is 32.8 Å². The molecule has 0 amide bonds. The van der Waals surface area contributed by atoms with Crippen LogP contribution >= 0.6 is 0 Å². The second-order valence-corrected chi connectivity index (χ2v) is 18.4. The fourth-order valence-corrected chi connectivity index (χ4v) is 10.9. The zero-order valence-electron chi connectivity index (χ0n) is 39.1. The minimum Gasteiger partial charge on any atom is -0.454 e. The summed E-state index contributed by atoms with van der Waals surface area (Å²) >= 11 is 0. The van der Waals surface area contributed by atoms with Gasteiger partial charge in [-0.15, -0.1) is 0 Å². The molecule has 0 aliphatic rings. The highest BCUT2D eigenvalue weighted by molar-refractivity contribution is 6.23. The Labute approximate surface area is 416 Å². The average molecular weight is 921 g/mol. The van der Waals surface area contributed by atoms with E-state index in [1.165, 1.54) is 22.1 Å². The van der Waals surface area contributed by atoms with Crippen LogP contribution in [-0.4, -0.2) is 0 Å². The Morgan fingerprint density at radius 2 is 0.778 bits per heavy atom. The largest absolute Gasteiger partial charge is 0.454 e. The van der Waals surface area contributed by atoms with Crippen LogP contribution in [0, 0.1) is 0 Å². The molecule has 4 nitrogen and oxygen atoms in total. The molecule has 0 unspecified atom stereocenters. The smallest absolute Gasteiger partial charge is 0.160 e. The normalized spacial score (nSPS) is 11.6. The van der Waals surface area contributed by atoms with E-state index in [1.54, 1.807) is 0 Å². The van der Waals surface area contributed by atoms with Gasteiger partial charge in [0, 0.05) is 44.0 Å². The van der Waals surface area contributed by atoms with Gasteiger partial charge < -0.3 is 18.6 Å². The van der Waals surface area contributed by atoms with Crippen LogP contribution in [0.15, 0.2) is 276 Å². The van der Waals surface area contributed by atoms with E-state index in [4.69, 9.17) is 8.83 Å². The first-order valence-electron chi connectivity index (χ1n) is 24.5. The lowest BCUT2D eigenvalue weighted by atomic mass is 9.96. The number of nitrogens with zero attached hydrogens (tertiary/aromatic N) is 2. The molecule has 0 aliphatic carbocycles. The predicted octanol–water partition coefficient (Wildman–Crippen LogP) is 19.7. The van der Waals surface area contributed by atoms with Crippen molar-refractivity contribution in [1.82, 2.24) is 0 Å². The Balaban J connectivity index is 0.960. The number of rotatable bonds is 9. The van der Waals surface area contributed by atoms with Gasteiger partial charge in [-0.3, -0.25) is 0 Å². The molecule has 338 valence electrons. The molecule has 12 aromatic carbocycles. The second-order valence-electron chi connectivity index (χ2n) is 18.4. The summed E-state index contributed by atoms with van der Waals surface area (Å²) in [5, 5.41) is 9.00. The summed E-state index contributed by atoms with van der Waals surface area (Å²) in [6.07, 6.45) is 0. The number of fused-ring (bicyclic) bond motifs is 9. The lowest BCUT2D eigenvalue weighted by Crippen LogP contribution is -2.11. The molecule has 2 heterocycles. The van der Waals surface area contributed by atoms with E-state index >= 15 is 0 Å². The lowest BCUT2D eigenvalue weighted by Gasteiger charge is -2.28. The van der Waals surface area contributed by atoms with E-state index < -0.39 is 0 Å². The maximum Gasteiger partial charge on any atom is 0.160 e. The Morgan fingerprint density at radius 1 is 0.250 bits per heavy atom. The third-order valence-corrected chi connectivity index (χ3v) is 14.2. The van der Waals surface area contributed by atoms with Gasteiger partial charge in [-0.2, -0.15) is 0 Å². The molecule has 14 aromatic rings. The monoisotopic (exact) mass is 920 g/mol. The Hall–Kier alpha value is -9.64. The summed E-state index contributed by atoms with van der Waals surface area (Å²) in [6, 6.07) is 95.3. The molecule has 0 fully saturated rings. The van der Waals surface area contributed by atoms with Gasteiger partial charge in [0.2, 0.25) is 0 Å². The summed E-state index contributed by atoms with van der Waals surface area (Å²) in [4.78, 5) is 4.73. The standard InChI is InChI=1S/C68H44N2O2/c1-3-18-45(19-4-1)46-36-38-51(39-37-46)69(63-44-50-22-7-8-27-55(50)66-60-31-12-14-35-65(60)72-68(63)66)52-25-15-23-48(42-52)49-24-16-26-53(43-49)70(62-33-17-32-59-58-30-11-13-34-64(58)71-67(59)62)61-41-40-54(47-20-5-2-6-21-47)56-28-9-10-29-57(56)61/h1-44H. The number of para-hydroxylation sites is 3. The van der Waals surface area contributed by atoms with Crippen molar-refractivity contribution in [2.75, 3.05) is 9.80 Å². The van der Waals surface area contributed by atoms with Gasteiger partial charge in [0.1, 0.15) is 11.2 Å². The molecule has 2 aromatic heterocycles. The minimum absolute atomic E-state index is 0.837. The van der Waals surface area contributed by atoms with Gasteiger partial charge in [0.25, 0.3) is 0 Å². The highest BCUT2D eigenvalue weighted by Crippen LogP contribution is 2.49. The number of hydrogen-bond acceptors (Lipinski definition) is 4. The van der Waals surface area contributed by atoms with Gasteiger partial charge in [-0.1, -0.05) is 200 Å². The highest BCUT2D eigenvalue weighted by atomic mass is 16.3. The zero-order valence-corrected chi connectivity index (χ0v) is 39.1. The van der Waals surface area contributed by atoms with Crippen molar-refractivity contribution in [3.8, 4) is 33.4 Å². The van der Waals surface area contributed by atoms with Gasteiger partial charge in [-0.25, -0.2) is 0 Å². The van der Waals surface area contributed by atoms with Crippen LogP contribution in [0.25, 0.3) is 98.8 Å². The maximum absolute atomic E-state index is 6.91. The first kappa shape index (κ1) is 41.3. The zero-order chi connectivity index (χ0) is 47.5. The van der Waals surface area contributed by atoms with Crippen molar-refractivity contribution in [1.29, 1.82) is 0 Å². The molecule has 0 spiro atoms. The highest BCUT2D eigenvalue weighted by Gasteiger charge is 2.25. The Kier molecular flexibility index (Phi) is 9.82. The van der Waals surface area contributed by atoms with Crippen molar-refractivity contribution < 1.29 is 8.83 Å². The van der Waals surface area contributed by atoms with Crippen LogP contribution in [0.4, 0.5) is 34.1 Å². The predicted molar refractivity (Wildman–Crippen MR) is 302 cm³/mol. The van der Waals surface area contributed by atoms with E-state index in [1.807, 2.05) is 12.1 Å². The van der Waals surface area contributed by atoms with Crippen LogP contribution in [0.3, 0.4) is 0 Å². The van der Waals surface area contributed by atoms with Crippen LogP contribution in [0.1, 0.15) is 0 Å². The fraction of sp³-hybridized carbons (Fsp3) is 0. The van der Waals surface area contributed by atoms with E-state index in [0.717, 1.165) is 111 Å². The molecule has 0 saturated heterocycles. The third kappa shape index (κ3) is 6.92. The van der Waals surface area contributed by atoms with Crippen molar-refractivity contribution in [2.24, 2.45) is 0 Å². The van der Waals surface area contributed by atoms with Crippen molar-refractivity contribution in [2.45, 2.75) is 0 Å². The fourth-order valence-electron chi connectivity index (χ4n) is 10.9. The van der Waals surface area contributed by atoms with E-state index in [9.17, 15) is 0 Å². The Bertz CT molecular complexity index is 4340.